The van der Waals surface area contributed by atoms with Gasteiger partial charge in [-0.15, -0.1) is 0 Å². The minimum Gasteiger partial charge on any atom is -0.381 e. The Morgan fingerprint density at radius 3 is 2.44 bits per heavy atom. The van der Waals surface area contributed by atoms with Gasteiger partial charge in [0, 0.05) is 23.2 Å². The van der Waals surface area contributed by atoms with Crippen LogP contribution in [0.15, 0.2) is 36.4 Å². The van der Waals surface area contributed by atoms with E-state index in [0.717, 1.165) is 18.4 Å². The summed E-state index contributed by atoms with van der Waals surface area (Å²) in [5, 5.41) is 10.4. The molecule has 2 aromatic rings. The molecule has 36 heavy (non-hydrogen) atoms. The first-order chi connectivity index (χ1) is 16.7. The van der Waals surface area contributed by atoms with Gasteiger partial charge in [-0.2, -0.15) is 0 Å². The van der Waals surface area contributed by atoms with Gasteiger partial charge in [-0.05, 0) is 68.4 Å². The number of alkyl halides is 2. The predicted molar refractivity (Wildman–Crippen MR) is 126 cm³/mol. The van der Waals surface area contributed by atoms with Crippen molar-refractivity contribution >= 4 is 15.9 Å². The molecule has 0 aromatic heterocycles. The second kappa shape index (κ2) is 9.42. The number of carbonyl (C=O) groups excluding carboxylic acids is 1. The Morgan fingerprint density at radius 2 is 1.86 bits per heavy atom. The fourth-order valence-corrected chi connectivity index (χ4v) is 6.11. The minimum absolute atomic E-state index is 0.0635. The summed E-state index contributed by atoms with van der Waals surface area (Å²) in [5.41, 5.74) is -2.37. The van der Waals surface area contributed by atoms with Crippen molar-refractivity contribution in [2.75, 3.05) is 6.26 Å². The van der Waals surface area contributed by atoms with E-state index in [1.165, 1.54) is 36.9 Å². The van der Waals surface area contributed by atoms with E-state index in [1.807, 2.05) is 0 Å². The highest BCUT2D eigenvalue weighted by atomic mass is 32.2. The maximum Gasteiger partial charge on any atom is 0.263 e. The lowest BCUT2D eigenvalue weighted by atomic mass is 9.66. The zero-order valence-electron chi connectivity index (χ0n) is 20.0. The summed E-state index contributed by atoms with van der Waals surface area (Å²) in [6.07, 6.45) is -0.938. The number of amides is 1. The van der Waals surface area contributed by atoms with Crippen LogP contribution < -0.4 is 4.72 Å². The molecule has 0 unspecified atom stereocenters. The van der Waals surface area contributed by atoms with E-state index < -0.39 is 57.2 Å². The van der Waals surface area contributed by atoms with Crippen molar-refractivity contribution in [3.05, 3.63) is 59.2 Å². The first kappa shape index (κ1) is 26.6. The van der Waals surface area contributed by atoms with Gasteiger partial charge in [-0.25, -0.2) is 30.7 Å². The zero-order valence-corrected chi connectivity index (χ0v) is 20.8. The SMILES string of the molecule is CC(C)(O)C(=O)N1C2CC(C2)[C@H](NS(C)(=O)=O)[C@@H]1Cc1cccc(-c2cc(F)cc(C(F)F)c2)c1F. The maximum atomic E-state index is 15.7. The van der Waals surface area contributed by atoms with Crippen LogP contribution in [0.2, 0.25) is 0 Å². The van der Waals surface area contributed by atoms with E-state index in [-0.39, 0.29) is 35.1 Å². The molecule has 2 atom stereocenters. The number of rotatable bonds is 7. The molecular weight excluding hydrogens is 500 g/mol. The van der Waals surface area contributed by atoms with Crippen molar-refractivity contribution in [3.63, 3.8) is 0 Å². The third-order valence-corrected chi connectivity index (χ3v) is 7.62. The van der Waals surface area contributed by atoms with E-state index >= 15 is 4.39 Å². The van der Waals surface area contributed by atoms with Crippen LogP contribution >= 0.6 is 0 Å². The van der Waals surface area contributed by atoms with Crippen molar-refractivity contribution in [2.24, 2.45) is 5.92 Å². The van der Waals surface area contributed by atoms with E-state index in [4.69, 9.17) is 0 Å². The first-order valence-electron chi connectivity index (χ1n) is 11.5. The summed E-state index contributed by atoms with van der Waals surface area (Å²) >= 11 is 0. The van der Waals surface area contributed by atoms with Gasteiger partial charge in [-0.1, -0.05) is 18.2 Å². The Hall–Kier alpha value is -2.50. The van der Waals surface area contributed by atoms with Crippen LogP contribution in [0.3, 0.4) is 0 Å². The van der Waals surface area contributed by atoms with Gasteiger partial charge in [0.2, 0.25) is 10.0 Å². The molecule has 2 saturated heterocycles. The standard InChI is InChI=1S/C25H28F4N2O4S/c1-25(2,33)24(32)31-18-10-15(11-18)22(30-36(3,34)35)20(31)12-13-5-4-6-19(21(13)27)14-7-16(23(28)29)9-17(26)8-14/h4-9,15,18,20,22-23,30,33H,10-12H2,1-3H3/t15?,18?,20-,22-/m0/s1. The van der Waals surface area contributed by atoms with Crippen molar-refractivity contribution in [1.82, 2.24) is 9.62 Å². The number of piperidine rings is 2. The second-order valence-corrected chi connectivity index (χ2v) is 12.0. The number of sulfonamides is 1. The molecule has 196 valence electrons. The number of nitrogens with one attached hydrogen (secondary N) is 1. The summed E-state index contributed by atoms with van der Waals surface area (Å²) in [6, 6.07) is 5.22. The normalized spacial score (nSPS) is 24.1. The molecule has 1 amide bonds. The molecule has 2 aliphatic heterocycles. The van der Waals surface area contributed by atoms with Crippen molar-refractivity contribution in [3.8, 4) is 11.1 Å². The average Bonchev–Trinajstić information content (AvgIpc) is 2.72. The highest BCUT2D eigenvalue weighted by Crippen LogP contribution is 2.45. The van der Waals surface area contributed by atoms with Crippen LogP contribution in [0.4, 0.5) is 17.6 Å². The highest BCUT2D eigenvalue weighted by Gasteiger charge is 2.54. The van der Waals surface area contributed by atoms with E-state index in [2.05, 4.69) is 4.72 Å². The largest absolute Gasteiger partial charge is 0.381 e. The van der Waals surface area contributed by atoms with Crippen LogP contribution in [0.5, 0.6) is 0 Å². The van der Waals surface area contributed by atoms with Crippen molar-refractivity contribution in [1.29, 1.82) is 0 Å². The number of halogens is 4. The molecule has 2 aromatic carbocycles. The van der Waals surface area contributed by atoms with E-state index in [0.29, 0.717) is 18.9 Å². The number of fused-ring (bicyclic) bond motifs is 2. The van der Waals surface area contributed by atoms with Crippen LogP contribution in [-0.4, -0.2) is 54.3 Å². The van der Waals surface area contributed by atoms with Crippen LogP contribution in [-0.2, 0) is 21.2 Å². The summed E-state index contributed by atoms with van der Waals surface area (Å²) in [6.45, 7) is 2.67. The number of nitrogens with zero attached hydrogens (tertiary/aromatic N) is 1. The number of hydrogen-bond donors (Lipinski definition) is 2. The molecule has 3 fully saturated rings. The summed E-state index contributed by atoms with van der Waals surface area (Å²) in [5.74, 6) is -2.38. The van der Waals surface area contributed by atoms with Crippen LogP contribution in [0, 0.1) is 17.6 Å². The van der Waals surface area contributed by atoms with Gasteiger partial charge in [0.05, 0.1) is 12.3 Å². The van der Waals surface area contributed by atoms with E-state index in [9.17, 15) is 31.5 Å². The molecule has 11 heteroatoms. The van der Waals surface area contributed by atoms with Crippen LogP contribution in [0.1, 0.15) is 44.2 Å². The monoisotopic (exact) mass is 528 g/mol. The fraction of sp³-hybridized carbons (Fsp3) is 0.480. The van der Waals surface area contributed by atoms with Gasteiger partial charge >= 0.3 is 0 Å². The van der Waals surface area contributed by atoms with Gasteiger partial charge in [0.15, 0.2) is 0 Å². The number of benzene rings is 2. The van der Waals surface area contributed by atoms with Gasteiger partial charge < -0.3 is 10.0 Å². The minimum atomic E-state index is -3.68. The third-order valence-electron chi connectivity index (χ3n) is 6.92. The predicted octanol–water partition coefficient (Wildman–Crippen LogP) is 3.79. The first-order valence-corrected chi connectivity index (χ1v) is 13.4. The second-order valence-electron chi connectivity index (χ2n) is 10.2. The Labute approximate surface area is 207 Å². The molecule has 2 heterocycles. The van der Waals surface area contributed by atoms with Crippen molar-refractivity contribution in [2.45, 2.75) is 63.3 Å². The fourth-order valence-electron chi connectivity index (χ4n) is 5.27. The third kappa shape index (κ3) is 5.28. The Balaban J connectivity index is 1.75. The number of aliphatic hydroxyl groups is 1. The van der Waals surface area contributed by atoms with E-state index in [1.54, 1.807) is 0 Å². The van der Waals surface area contributed by atoms with Gasteiger partial charge in [-0.3, -0.25) is 4.79 Å². The topological polar surface area (TPSA) is 86.7 Å². The van der Waals surface area contributed by atoms with Crippen molar-refractivity contribution < 1.29 is 35.9 Å². The highest BCUT2D eigenvalue weighted by molar-refractivity contribution is 7.88. The van der Waals surface area contributed by atoms with Crippen LogP contribution in [0.25, 0.3) is 11.1 Å². The number of hydrogen-bond acceptors (Lipinski definition) is 4. The summed E-state index contributed by atoms with van der Waals surface area (Å²) < 4.78 is 82.9. The molecule has 2 bridgehead atoms. The molecular formula is C25H28F4N2O4S. The zero-order chi connectivity index (χ0) is 26.6. The molecule has 0 radical (unpaired) electrons. The molecule has 2 N–H and O–H groups in total. The maximum absolute atomic E-state index is 15.7. The van der Waals surface area contributed by atoms with Gasteiger partial charge in [0.1, 0.15) is 17.2 Å². The summed E-state index contributed by atoms with van der Waals surface area (Å²) in [7, 11) is -3.68. The molecule has 0 spiro atoms. The molecule has 5 rings (SSSR count). The number of carbonyl (C=O) groups is 1. The molecule has 3 aliphatic rings. The Morgan fingerprint density at radius 1 is 1.19 bits per heavy atom. The summed E-state index contributed by atoms with van der Waals surface area (Å²) in [4.78, 5) is 14.6. The molecule has 1 saturated carbocycles. The molecule has 1 aliphatic carbocycles. The average molecular weight is 529 g/mol. The lowest BCUT2D eigenvalue weighted by molar-refractivity contribution is -0.166. The Bertz CT molecular complexity index is 1270. The lowest BCUT2D eigenvalue weighted by Crippen LogP contribution is -2.72. The Kier molecular flexibility index (Phi) is 6.95. The lowest BCUT2D eigenvalue weighted by Gasteiger charge is -2.58. The quantitative estimate of drug-likeness (QED) is 0.536. The molecule has 6 nitrogen and oxygen atoms in total. The van der Waals surface area contributed by atoms with Gasteiger partial charge in [0.25, 0.3) is 12.3 Å². The smallest absolute Gasteiger partial charge is 0.263 e.